The number of hydrogen-bond donors (Lipinski definition) is 1. The van der Waals surface area contributed by atoms with Crippen LogP contribution in [0.1, 0.15) is 78.6 Å². The minimum atomic E-state index is -4.53. The minimum absolute atomic E-state index is 0.0374. The van der Waals surface area contributed by atoms with Crippen LogP contribution in [0.4, 0.5) is 13.2 Å². The summed E-state index contributed by atoms with van der Waals surface area (Å²) >= 11 is 0. The van der Waals surface area contributed by atoms with Gasteiger partial charge >= 0.3 is 6.18 Å². The maximum Gasteiger partial charge on any atom is 0.417 e. The molecule has 0 aliphatic heterocycles. The summed E-state index contributed by atoms with van der Waals surface area (Å²) in [5, 5.41) is 10.3. The maximum atomic E-state index is 13.4. The zero-order chi connectivity index (χ0) is 20.5. The summed E-state index contributed by atoms with van der Waals surface area (Å²) in [5.41, 5.74) is -2.38. The Bertz CT molecular complexity index is 634. The largest absolute Gasteiger partial charge is 0.417 e. The Morgan fingerprint density at radius 1 is 0.964 bits per heavy atom. The molecule has 0 aromatic rings. The van der Waals surface area contributed by atoms with E-state index in [4.69, 9.17) is 0 Å². The van der Waals surface area contributed by atoms with E-state index in [0.717, 1.165) is 44.8 Å². The van der Waals surface area contributed by atoms with Gasteiger partial charge in [-0.25, -0.2) is 0 Å². The quantitative estimate of drug-likeness (QED) is 0.597. The van der Waals surface area contributed by atoms with Gasteiger partial charge in [0, 0.05) is 5.92 Å². The third kappa shape index (κ3) is 2.74. The minimum Gasteiger partial charge on any atom is -0.380 e. The average molecular weight is 401 g/mol. The molecule has 0 aromatic carbocycles. The van der Waals surface area contributed by atoms with Gasteiger partial charge in [-0.2, -0.15) is 13.2 Å². The monoisotopic (exact) mass is 400 g/mol. The first kappa shape index (κ1) is 20.7. The average Bonchev–Trinajstić information content (AvgIpc) is 2.98. The molecule has 0 spiro atoms. The van der Waals surface area contributed by atoms with Crippen LogP contribution in [0.5, 0.6) is 0 Å². The number of alkyl halides is 3. The summed E-state index contributed by atoms with van der Waals surface area (Å²) in [6.45, 7) is 6.64. The second kappa shape index (κ2) is 6.46. The Kier molecular flexibility index (Phi) is 4.77. The molecule has 28 heavy (non-hydrogen) atoms. The van der Waals surface area contributed by atoms with E-state index >= 15 is 0 Å². The fraction of sp³-hybridized carbons (Fsp3) is 0.957. The van der Waals surface area contributed by atoms with Gasteiger partial charge in [-0.3, -0.25) is 0 Å². The molecular weight excluding hydrogens is 365 g/mol. The number of aliphatic hydroxyl groups is 1. The zero-order valence-corrected chi connectivity index (χ0v) is 17.4. The van der Waals surface area contributed by atoms with Crippen LogP contribution in [-0.4, -0.2) is 23.2 Å². The molecule has 0 amide bonds. The Balaban J connectivity index is 1.57. The second-order valence-electron chi connectivity index (χ2n) is 11.1. The van der Waals surface area contributed by atoms with E-state index < -0.39 is 11.8 Å². The van der Waals surface area contributed by atoms with E-state index in [-0.39, 0.29) is 35.5 Å². The standard InChI is InChI=1S/C23H35F3O2/c1-14(13-27)17-6-7-18-16-5-4-15-12-22(28,23(24,25)26)11-10-20(15,2)19(16)8-9-21(17,18)3/h13-19,28H,4-12H2,1-3H3/t14-,15-,16+,17?,18+,19+,20+,21-,22-/m1/s1. The van der Waals surface area contributed by atoms with Crippen LogP contribution in [0.3, 0.4) is 0 Å². The van der Waals surface area contributed by atoms with E-state index in [1.807, 2.05) is 0 Å². The molecule has 160 valence electrons. The lowest BCUT2D eigenvalue weighted by Gasteiger charge is -2.62. The van der Waals surface area contributed by atoms with Gasteiger partial charge < -0.3 is 9.90 Å². The lowest BCUT2D eigenvalue weighted by atomic mass is 9.43. The number of fused-ring (bicyclic) bond motifs is 5. The van der Waals surface area contributed by atoms with Crippen LogP contribution >= 0.6 is 0 Å². The zero-order valence-electron chi connectivity index (χ0n) is 17.4. The van der Waals surface area contributed by atoms with Crippen molar-refractivity contribution < 1.29 is 23.1 Å². The highest BCUT2D eigenvalue weighted by Crippen LogP contribution is 2.69. The van der Waals surface area contributed by atoms with Crippen molar-refractivity contribution in [2.24, 2.45) is 46.3 Å². The lowest BCUT2D eigenvalue weighted by molar-refractivity contribution is -0.290. The van der Waals surface area contributed by atoms with Crippen LogP contribution in [0, 0.1) is 46.3 Å². The van der Waals surface area contributed by atoms with Gasteiger partial charge in [0.25, 0.3) is 0 Å². The number of hydrogen-bond acceptors (Lipinski definition) is 2. The summed E-state index contributed by atoms with van der Waals surface area (Å²) in [6.07, 6.45) is 3.01. The van der Waals surface area contributed by atoms with Crippen LogP contribution in [-0.2, 0) is 4.79 Å². The summed E-state index contributed by atoms with van der Waals surface area (Å²) in [6, 6.07) is 0. The molecule has 1 unspecified atom stereocenters. The predicted octanol–water partition coefficient (Wildman–Crippen LogP) is 5.77. The van der Waals surface area contributed by atoms with Crippen molar-refractivity contribution in [3.63, 3.8) is 0 Å². The van der Waals surface area contributed by atoms with Crippen molar-refractivity contribution in [3.8, 4) is 0 Å². The smallest absolute Gasteiger partial charge is 0.380 e. The van der Waals surface area contributed by atoms with Gasteiger partial charge in [0.05, 0.1) is 0 Å². The lowest BCUT2D eigenvalue weighted by Crippen LogP contribution is -2.59. The van der Waals surface area contributed by atoms with Gasteiger partial charge in [0.1, 0.15) is 6.29 Å². The van der Waals surface area contributed by atoms with Gasteiger partial charge in [-0.15, -0.1) is 0 Å². The number of halogens is 3. The van der Waals surface area contributed by atoms with Crippen LogP contribution in [0.25, 0.3) is 0 Å². The number of carbonyl (C=O) groups excluding carboxylic acids is 1. The molecule has 0 saturated heterocycles. The highest BCUT2D eigenvalue weighted by atomic mass is 19.4. The third-order valence-electron chi connectivity index (χ3n) is 10.2. The summed E-state index contributed by atoms with van der Waals surface area (Å²) < 4.78 is 40.3. The first-order chi connectivity index (χ1) is 13.0. The Morgan fingerprint density at radius 2 is 1.64 bits per heavy atom. The molecule has 2 nitrogen and oxygen atoms in total. The molecule has 1 N–H and O–H groups in total. The van der Waals surface area contributed by atoms with E-state index in [1.165, 1.54) is 0 Å². The van der Waals surface area contributed by atoms with Crippen molar-refractivity contribution in [2.75, 3.05) is 0 Å². The van der Waals surface area contributed by atoms with Crippen molar-refractivity contribution in [2.45, 2.75) is 90.3 Å². The molecule has 0 heterocycles. The summed E-state index contributed by atoms with van der Waals surface area (Å²) in [4.78, 5) is 11.5. The van der Waals surface area contributed by atoms with Gasteiger partial charge in [-0.1, -0.05) is 20.8 Å². The molecule has 4 saturated carbocycles. The summed E-state index contributed by atoms with van der Waals surface area (Å²) in [5.74, 6) is 2.14. The molecule has 9 atom stereocenters. The van der Waals surface area contributed by atoms with Gasteiger partial charge in [0.2, 0.25) is 0 Å². The van der Waals surface area contributed by atoms with E-state index in [0.29, 0.717) is 30.1 Å². The van der Waals surface area contributed by atoms with Crippen molar-refractivity contribution in [1.29, 1.82) is 0 Å². The molecule has 5 heteroatoms. The van der Waals surface area contributed by atoms with E-state index in [2.05, 4.69) is 20.8 Å². The Labute approximate surface area is 166 Å². The SMILES string of the molecule is C[C@H](C=O)C1CC[C@H]2[C@@H]3CC[C@@H]4C[C@@](O)(C(F)(F)F)CC[C@]4(C)[C@H]3CC[C@]12C. The fourth-order valence-corrected chi connectivity index (χ4v) is 8.50. The molecule has 4 fully saturated rings. The molecule has 0 radical (unpaired) electrons. The predicted molar refractivity (Wildman–Crippen MR) is 101 cm³/mol. The molecule has 4 rings (SSSR count). The first-order valence-corrected chi connectivity index (χ1v) is 11.2. The fourth-order valence-electron chi connectivity index (χ4n) is 8.50. The number of carbonyl (C=O) groups is 1. The van der Waals surface area contributed by atoms with Crippen LogP contribution < -0.4 is 0 Å². The Morgan fingerprint density at radius 3 is 2.29 bits per heavy atom. The molecule has 4 aliphatic carbocycles. The van der Waals surface area contributed by atoms with Gasteiger partial charge in [-0.05, 0) is 98.2 Å². The molecular formula is C23H35F3O2. The molecule has 0 aromatic heterocycles. The highest BCUT2D eigenvalue weighted by molar-refractivity contribution is 5.53. The highest BCUT2D eigenvalue weighted by Gasteiger charge is 2.65. The molecule has 4 aliphatic rings. The normalized spacial score (nSPS) is 52.3. The molecule has 0 bridgehead atoms. The van der Waals surface area contributed by atoms with Crippen LogP contribution in [0.2, 0.25) is 0 Å². The second-order valence-corrected chi connectivity index (χ2v) is 11.1. The first-order valence-electron chi connectivity index (χ1n) is 11.2. The van der Waals surface area contributed by atoms with Crippen molar-refractivity contribution in [3.05, 3.63) is 0 Å². The number of rotatable bonds is 2. The topological polar surface area (TPSA) is 37.3 Å². The van der Waals surface area contributed by atoms with Crippen molar-refractivity contribution >= 4 is 6.29 Å². The van der Waals surface area contributed by atoms with E-state index in [1.54, 1.807) is 0 Å². The summed E-state index contributed by atoms with van der Waals surface area (Å²) in [7, 11) is 0. The van der Waals surface area contributed by atoms with E-state index in [9.17, 15) is 23.1 Å². The van der Waals surface area contributed by atoms with Gasteiger partial charge in [0.15, 0.2) is 5.60 Å². The third-order valence-corrected chi connectivity index (χ3v) is 10.2. The maximum absolute atomic E-state index is 13.4. The Hall–Kier alpha value is -0.580. The van der Waals surface area contributed by atoms with Crippen LogP contribution in [0.15, 0.2) is 0 Å². The van der Waals surface area contributed by atoms with Crippen molar-refractivity contribution in [1.82, 2.24) is 0 Å². The number of aldehydes is 1.